The van der Waals surface area contributed by atoms with Gasteiger partial charge in [0.25, 0.3) is 0 Å². The lowest BCUT2D eigenvalue weighted by molar-refractivity contribution is 0.322. The topological polar surface area (TPSA) is 32.6 Å². The number of aryl methyl sites for hydroxylation is 1. The van der Waals surface area contributed by atoms with Gasteiger partial charge in [0.15, 0.2) is 0 Å². The Morgan fingerprint density at radius 2 is 1.47 bits per heavy atom. The Bertz CT molecular complexity index is 503. The molecule has 1 N–H and O–H groups in total. The van der Waals surface area contributed by atoms with E-state index in [2.05, 4.69) is 36.3 Å². The van der Waals surface area contributed by atoms with Crippen molar-refractivity contribution in [1.82, 2.24) is 0 Å². The van der Waals surface area contributed by atoms with Gasteiger partial charge in [0.05, 0.1) is 6.21 Å². The molecule has 3 heteroatoms. The first-order valence-corrected chi connectivity index (χ1v) is 6.11. The SMILES string of the molecule is Cc1ccc(Sc2ccc(C=NO)cc2)cc1. The number of rotatable bonds is 3. The van der Waals surface area contributed by atoms with Crippen molar-refractivity contribution in [3.8, 4) is 0 Å². The molecular weight excluding hydrogens is 230 g/mol. The van der Waals surface area contributed by atoms with Gasteiger partial charge in [-0.1, -0.05) is 46.7 Å². The molecule has 0 unspecified atom stereocenters. The lowest BCUT2D eigenvalue weighted by atomic mass is 10.2. The van der Waals surface area contributed by atoms with Crippen molar-refractivity contribution in [3.05, 3.63) is 59.7 Å². The zero-order valence-corrected chi connectivity index (χ0v) is 10.3. The zero-order chi connectivity index (χ0) is 12.1. The second kappa shape index (κ2) is 5.55. The summed E-state index contributed by atoms with van der Waals surface area (Å²) < 4.78 is 0. The third-order valence-electron chi connectivity index (χ3n) is 2.34. The lowest BCUT2D eigenvalue weighted by Gasteiger charge is -2.02. The summed E-state index contributed by atoms with van der Waals surface area (Å²) in [5, 5.41) is 11.4. The molecule has 0 saturated carbocycles. The molecule has 2 nitrogen and oxygen atoms in total. The smallest absolute Gasteiger partial charge is 0.0733 e. The largest absolute Gasteiger partial charge is 0.411 e. The second-order valence-corrected chi connectivity index (χ2v) is 4.88. The van der Waals surface area contributed by atoms with Crippen LogP contribution in [0.1, 0.15) is 11.1 Å². The van der Waals surface area contributed by atoms with E-state index in [-0.39, 0.29) is 0 Å². The van der Waals surface area contributed by atoms with Crippen molar-refractivity contribution < 1.29 is 5.21 Å². The predicted molar refractivity (Wildman–Crippen MR) is 71.1 cm³/mol. The first kappa shape index (κ1) is 11.7. The highest BCUT2D eigenvalue weighted by Gasteiger charge is 1.97. The first-order chi connectivity index (χ1) is 8.28. The number of hydrogen-bond donors (Lipinski definition) is 1. The molecule has 0 saturated heterocycles. The van der Waals surface area contributed by atoms with Crippen molar-refractivity contribution in [3.63, 3.8) is 0 Å². The predicted octanol–water partition coefficient (Wildman–Crippen LogP) is 3.95. The van der Waals surface area contributed by atoms with E-state index in [4.69, 9.17) is 5.21 Å². The van der Waals surface area contributed by atoms with E-state index in [1.165, 1.54) is 21.6 Å². The summed E-state index contributed by atoms with van der Waals surface area (Å²) in [6, 6.07) is 16.3. The molecule has 2 aromatic rings. The van der Waals surface area contributed by atoms with Crippen LogP contribution < -0.4 is 0 Å². The monoisotopic (exact) mass is 243 g/mol. The Kier molecular flexibility index (Phi) is 3.83. The Hall–Kier alpha value is -1.74. The van der Waals surface area contributed by atoms with Crippen LogP contribution in [0.2, 0.25) is 0 Å². The van der Waals surface area contributed by atoms with Crippen molar-refractivity contribution in [2.75, 3.05) is 0 Å². The maximum atomic E-state index is 8.41. The van der Waals surface area contributed by atoms with Crippen LogP contribution in [0.4, 0.5) is 0 Å². The maximum Gasteiger partial charge on any atom is 0.0733 e. The van der Waals surface area contributed by atoms with Crippen LogP contribution in [0.15, 0.2) is 63.5 Å². The maximum absolute atomic E-state index is 8.41. The van der Waals surface area contributed by atoms with E-state index in [1.807, 2.05) is 24.3 Å². The third-order valence-corrected chi connectivity index (χ3v) is 3.36. The van der Waals surface area contributed by atoms with Gasteiger partial charge in [-0.3, -0.25) is 0 Å². The minimum absolute atomic E-state index is 0.890. The third kappa shape index (κ3) is 3.36. The normalized spacial score (nSPS) is 10.9. The van der Waals surface area contributed by atoms with Gasteiger partial charge in [-0.15, -0.1) is 0 Å². The minimum atomic E-state index is 0.890. The molecule has 86 valence electrons. The van der Waals surface area contributed by atoms with Gasteiger partial charge in [-0.25, -0.2) is 0 Å². The molecular formula is C14H13NOS. The molecule has 0 bridgehead atoms. The number of hydrogen-bond acceptors (Lipinski definition) is 3. The number of oxime groups is 1. The highest BCUT2D eigenvalue weighted by molar-refractivity contribution is 7.99. The molecule has 0 heterocycles. The summed E-state index contributed by atoms with van der Waals surface area (Å²) in [4.78, 5) is 2.39. The van der Waals surface area contributed by atoms with E-state index in [0.29, 0.717) is 0 Å². The van der Waals surface area contributed by atoms with E-state index >= 15 is 0 Å². The summed E-state index contributed by atoms with van der Waals surface area (Å²) in [6.45, 7) is 2.08. The van der Waals surface area contributed by atoms with Crippen molar-refractivity contribution in [2.24, 2.45) is 5.16 Å². The van der Waals surface area contributed by atoms with Crippen LogP contribution in [0, 0.1) is 6.92 Å². The Labute approximate surface area is 105 Å². The summed E-state index contributed by atoms with van der Waals surface area (Å²) in [7, 11) is 0. The van der Waals surface area contributed by atoms with Gasteiger partial charge >= 0.3 is 0 Å². The number of benzene rings is 2. The highest BCUT2D eigenvalue weighted by Crippen LogP contribution is 2.27. The second-order valence-electron chi connectivity index (χ2n) is 3.73. The highest BCUT2D eigenvalue weighted by atomic mass is 32.2. The van der Waals surface area contributed by atoms with Gasteiger partial charge < -0.3 is 5.21 Å². The average molecular weight is 243 g/mol. The molecule has 17 heavy (non-hydrogen) atoms. The molecule has 0 aliphatic heterocycles. The van der Waals surface area contributed by atoms with Crippen LogP contribution >= 0.6 is 11.8 Å². The molecule has 0 atom stereocenters. The molecule has 0 radical (unpaired) electrons. The molecule has 0 amide bonds. The fourth-order valence-corrected chi connectivity index (χ4v) is 2.25. The van der Waals surface area contributed by atoms with Gasteiger partial charge in [0.2, 0.25) is 0 Å². The molecule has 2 aromatic carbocycles. The van der Waals surface area contributed by atoms with Crippen LogP contribution in [-0.4, -0.2) is 11.4 Å². The van der Waals surface area contributed by atoms with Crippen molar-refractivity contribution in [2.45, 2.75) is 16.7 Å². The summed E-state index contributed by atoms with van der Waals surface area (Å²) in [5.41, 5.74) is 2.16. The average Bonchev–Trinajstić information content (AvgIpc) is 2.35. The number of nitrogens with zero attached hydrogens (tertiary/aromatic N) is 1. The fourth-order valence-electron chi connectivity index (χ4n) is 1.43. The van der Waals surface area contributed by atoms with Crippen LogP contribution in [0.3, 0.4) is 0 Å². The molecule has 0 spiro atoms. The Morgan fingerprint density at radius 3 is 2.00 bits per heavy atom. The molecule has 2 rings (SSSR count). The van der Waals surface area contributed by atoms with Crippen LogP contribution in [-0.2, 0) is 0 Å². The van der Waals surface area contributed by atoms with E-state index < -0.39 is 0 Å². The summed E-state index contributed by atoms with van der Waals surface area (Å²) >= 11 is 1.72. The summed E-state index contributed by atoms with van der Waals surface area (Å²) in [6.07, 6.45) is 1.42. The van der Waals surface area contributed by atoms with E-state index in [9.17, 15) is 0 Å². The quantitative estimate of drug-likeness (QED) is 0.503. The van der Waals surface area contributed by atoms with E-state index in [1.54, 1.807) is 11.8 Å². The van der Waals surface area contributed by atoms with Gasteiger partial charge in [0, 0.05) is 9.79 Å². The standard InChI is InChI=1S/C14H13NOS/c1-11-2-6-13(7-3-11)17-14-8-4-12(5-9-14)10-15-16/h2-10,16H,1H3. The van der Waals surface area contributed by atoms with Gasteiger partial charge in [0.1, 0.15) is 0 Å². The Balaban J connectivity index is 2.11. The van der Waals surface area contributed by atoms with Crippen LogP contribution in [0.25, 0.3) is 0 Å². The molecule has 0 aliphatic rings. The first-order valence-electron chi connectivity index (χ1n) is 5.30. The van der Waals surface area contributed by atoms with Crippen molar-refractivity contribution in [1.29, 1.82) is 0 Å². The Morgan fingerprint density at radius 1 is 0.941 bits per heavy atom. The van der Waals surface area contributed by atoms with Crippen molar-refractivity contribution >= 4 is 18.0 Å². The van der Waals surface area contributed by atoms with Crippen LogP contribution in [0.5, 0.6) is 0 Å². The van der Waals surface area contributed by atoms with E-state index in [0.717, 1.165) is 5.56 Å². The van der Waals surface area contributed by atoms with Gasteiger partial charge in [-0.2, -0.15) is 0 Å². The molecule has 0 aliphatic carbocycles. The fraction of sp³-hybridized carbons (Fsp3) is 0.0714. The lowest BCUT2D eigenvalue weighted by Crippen LogP contribution is -1.80. The molecule has 0 aromatic heterocycles. The van der Waals surface area contributed by atoms with Gasteiger partial charge in [-0.05, 0) is 36.8 Å². The zero-order valence-electron chi connectivity index (χ0n) is 9.50. The summed E-state index contributed by atoms with van der Waals surface area (Å²) in [5.74, 6) is 0. The molecule has 0 fully saturated rings. The minimum Gasteiger partial charge on any atom is -0.411 e.